The number of aromatic nitrogens is 2. The summed E-state index contributed by atoms with van der Waals surface area (Å²) in [6.45, 7) is 4.97. The topological polar surface area (TPSA) is 149 Å². The standard InChI is InChI=1S/C14H23N2O9P.H2S/c1-7(2)23-11-10(8(3)25-26(19,20)21)24-13(12(11)22-4)16-6-5-9(17)15-14(16)18;/h5-8,10-13H,1-4H3,(H,15,17,18)(H2,19,20,21);1H2/t8-,10+,11-,12?,13+;/m0./s1. The van der Waals surface area contributed by atoms with Gasteiger partial charge in [-0.3, -0.25) is 18.9 Å². The molecule has 1 fully saturated rings. The van der Waals surface area contributed by atoms with E-state index in [2.05, 4.69) is 4.98 Å². The number of hydrogen-bond donors (Lipinski definition) is 3. The third-order valence-corrected chi connectivity index (χ3v) is 4.43. The van der Waals surface area contributed by atoms with Crippen LogP contribution in [-0.4, -0.2) is 57.0 Å². The molecule has 1 aliphatic rings. The molecule has 1 aliphatic heterocycles. The minimum Gasteiger partial charge on any atom is -0.374 e. The van der Waals surface area contributed by atoms with E-state index in [1.807, 2.05) is 0 Å². The van der Waals surface area contributed by atoms with Gasteiger partial charge in [-0.05, 0) is 20.8 Å². The number of methoxy groups -OCH3 is 1. The number of H-pyrrole nitrogens is 1. The summed E-state index contributed by atoms with van der Waals surface area (Å²) in [6.07, 6.45) is -3.53. The van der Waals surface area contributed by atoms with Crippen molar-refractivity contribution in [3.8, 4) is 0 Å². The number of aromatic amines is 1. The van der Waals surface area contributed by atoms with Crippen LogP contribution in [0.2, 0.25) is 0 Å². The van der Waals surface area contributed by atoms with Gasteiger partial charge in [0.15, 0.2) is 6.23 Å². The van der Waals surface area contributed by atoms with Gasteiger partial charge in [-0.15, -0.1) is 0 Å². The second-order valence-electron chi connectivity index (χ2n) is 6.16. The first kappa shape index (κ1) is 24.1. The van der Waals surface area contributed by atoms with Crippen LogP contribution < -0.4 is 11.2 Å². The zero-order chi connectivity index (χ0) is 19.6. The number of ether oxygens (including phenoxy) is 3. The van der Waals surface area contributed by atoms with Crippen LogP contribution in [0.15, 0.2) is 21.9 Å². The van der Waals surface area contributed by atoms with E-state index in [1.165, 1.54) is 20.2 Å². The monoisotopic (exact) mass is 428 g/mol. The molecule has 0 aromatic carbocycles. The number of phosphoric acid groups is 1. The molecule has 2 heterocycles. The molecule has 1 saturated heterocycles. The first-order valence-corrected chi connectivity index (χ1v) is 9.45. The average molecular weight is 428 g/mol. The van der Waals surface area contributed by atoms with Crippen molar-refractivity contribution in [3.63, 3.8) is 0 Å². The molecular weight excluding hydrogens is 403 g/mol. The molecule has 0 spiro atoms. The molecule has 1 aromatic heterocycles. The highest BCUT2D eigenvalue weighted by Gasteiger charge is 2.50. The van der Waals surface area contributed by atoms with Crippen molar-refractivity contribution in [1.29, 1.82) is 0 Å². The Morgan fingerprint density at radius 2 is 1.89 bits per heavy atom. The second kappa shape index (κ2) is 9.48. The van der Waals surface area contributed by atoms with E-state index >= 15 is 0 Å². The molecule has 156 valence electrons. The summed E-state index contributed by atoms with van der Waals surface area (Å²) in [5.41, 5.74) is -1.28. The van der Waals surface area contributed by atoms with Crippen LogP contribution in [-0.2, 0) is 23.3 Å². The summed E-state index contributed by atoms with van der Waals surface area (Å²) < 4.78 is 34.1. The second-order valence-corrected chi connectivity index (χ2v) is 7.35. The predicted octanol–water partition coefficient (Wildman–Crippen LogP) is -0.147. The Balaban J connectivity index is 0.00000364. The first-order valence-electron chi connectivity index (χ1n) is 7.92. The van der Waals surface area contributed by atoms with Crippen LogP contribution in [0.4, 0.5) is 0 Å². The average Bonchev–Trinajstić information content (AvgIpc) is 2.83. The lowest BCUT2D eigenvalue weighted by Crippen LogP contribution is -2.43. The van der Waals surface area contributed by atoms with Crippen molar-refractivity contribution < 1.29 is 33.1 Å². The molecule has 3 N–H and O–H groups in total. The summed E-state index contributed by atoms with van der Waals surface area (Å²) in [5.74, 6) is 0. The van der Waals surface area contributed by atoms with E-state index < -0.39 is 49.7 Å². The maximum atomic E-state index is 12.1. The molecular formula is C14H25N2O9PS. The Morgan fingerprint density at radius 3 is 2.37 bits per heavy atom. The molecule has 1 unspecified atom stereocenters. The molecule has 1 aromatic rings. The van der Waals surface area contributed by atoms with Crippen LogP contribution in [0.5, 0.6) is 0 Å². The first-order chi connectivity index (χ1) is 12.0. The van der Waals surface area contributed by atoms with Crippen molar-refractivity contribution in [2.24, 2.45) is 0 Å². The van der Waals surface area contributed by atoms with Gasteiger partial charge in [0, 0.05) is 19.4 Å². The van der Waals surface area contributed by atoms with Gasteiger partial charge in [0.1, 0.15) is 18.3 Å². The number of rotatable bonds is 7. The number of phosphoric ester groups is 1. The predicted molar refractivity (Wildman–Crippen MR) is 99.0 cm³/mol. The summed E-state index contributed by atoms with van der Waals surface area (Å²) in [4.78, 5) is 43.6. The Bertz CT molecular complexity index is 776. The number of nitrogens with one attached hydrogen (secondary N) is 1. The lowest BCUT2D eigenvalue weighted by Gasteiger charge is -2.28. The molecule has 0 aliphatic carbocycles. The van der Waals surface area contributed by atoms with Crippen LogP contribution in [0.3, 0.4) is 0 Å². The largest absolute Gasteiger partial charge is 0.469 e. The molecule has 27 heavy (non-hydrogen) atoms. The summed E-state index contributed by atoms with van der Waals surface area (Å²) >= 11 is 0. The number of hydrogen-bond acceptors (Lipinski definition) is 7. The maximum Gasteiger partial charge on any atom is 0.469 e. The zero-order valence-electron chi connectivity index (χ0n) is 15.3. The van der Waals surface area contributed by atoms with E-state index in [-0.39, 0.29) is 19.6 Å². The Kier molecular flexibility index (Phi) is 8.45. The van der Waals surface area contributed by atoms with Gasteiger partial charge >= 0.3 is 13.5 Å². The van der Waals surface area contributed by atoms with Crippen LogP contribution in [0.1, 0.15) is 27.0 Å². The molecule has 0 saturated carbocycles. The van der Waals surface area contributed by atoms with Gasteiger partial charge in [0.2, 0.25) is 0 Å². The quantitative estimate of drug-likeness (QED) is 0.504. The van der Waals surface area contributed by atoms with Gasteiger partial charge in [-0.25, -0.2) is 9.36 Å². The van der Waals surface area contributed by atoms with Gasteiger partial charge in [0.25, 0.3) is 5.56 Å². The van der Waals surface area contributed by atoms with Gasteiger partial charge < -0.3 is 24.0 Å². The molecule has 13 heteroatoms. The molecule has 5 atom stereocenters. The molecule has 0 radical (unpaired) electrons. The van der Waals surface area contributed by atoms with E-state index in [1.54, 1.807) is 13.8 Å². The zero-order valence-corrected chi connectivity index (χ0v) is 17.2. The van der Waals surface area contributed by atoms with E-state index in [4.69, 9.17) is 28.5 Å². The fraction of sp³-hybridized carbons (Fsp3) is 0.714. The van der Waals surface area contributed by atoms with Crippen LogP contribution >= 0.6 is 21.3 Å². The lowest BCUT2D eigenvalue weighted by molar-refractivity contribution is -0.101. The van der Waals surface area contributed by atoms with Gasteiger partial charge in [-0.2, -0.15) is 13.5 Å². The van der Waals surface area contributed by atoms with Crippen LogP contribution in [0, 0.1) is 0 Å². The van der Waals surface area contributed by atoms with E-state index in [0.29, 0.717) is 0 Å². The van der Waals surface area contributed by atoms with Crippen molar-refractivity contribution in [3.05, 3.63) is 33.1 Å². The minimum atomic E-state index is -4.76. The van der Waals surface area contributed by atoms with Crippen molar-refractivity contribution >= 4 is 21.3 Å². The smallest absolute Gasteiger partial charge is 0.374 e. The lowest BCUT2D eigenvalue weighted by atomic mass is 10.1. The highest BCUT2D eigenvalue weighted by Crippen LogP contribution is 2.42. The van der Waals surface area contributed by atoms with Crippen molar-refractivity contribution in [2.75, 3.05) is 7.11 Å². The fourth-order valence-electron chi connectivity index (χ4n) is 2.89. The normalized spacial score (nSPS) is 26.8. The van der Waals surface area contributed by atoms with Gasteiger partial charge in [-0.1, -0.05) is 0 Å². The van der Waals surface area contributed by atoms with Crippen molar-refractivity contribution in [2.45, 2.75) is 57.5 Å². The maximum absolute atomic E-state index is 12.1. The SMILES string of the molecule is COC1[C@@H](OC(C)C)[C@@H]([C@H](C)OP(=O)(O)O)O[C@H]1n1ccc(=O)[nH]c1=O.S. The van der Waals surface area contributed by atoms with Crippen LogP contribution in [0.25, 0.3) is 0 Å². The Morgan fingerprint density at radius 1 is 1.26 bits per heavy atom. The Hall–Kier alpha value is -0.980. The summed E-state index contributed by atoms with van der Waals surface area (Å²) in [5, 5.41) is 0. The molecule has 2 rings (SSSR count). The fourth-order valence-corrected chi connectivity index (χ4v) is 3.44. The van der Waals surface area contributed by atoms with E-state index in [9.17, 15) is 14.2 Å². The highest BCUT2D eigenvalue weighted by molar-refractivity contribution is 7.59. The third-order valence-electron chi connectivity index (χ3n) is 3.82. The van der Waals surface area contributed by atoms with Gasteiger partial charge in [0.05, 0.1) is 12.2 Å². The molecule has 0 amide bonds. The third kappa shape index (κ3) is 6.00. The summed E-state index contributed by atoms with van der Waals surface area (Å²) in [7, 11) is -3.37. The highest BCUT2D eigenvalue weighted by atomic mass is 32.1. The van der Waals surface area contributed by atoms with E-state index in [0.717, 1.165) is 10.6 Å². The summed E-state index contributed by atoms with van der Waals surface area (Å²) in [6, 6.07) is 1.15. The minimum absolute atomic E-state index is 0. The number of nitrogens with zero attached hydrogens (tertiary/aromatic N) is 1. The molecule has 11 nitrogen and oxygen atoms in total. The molecule has 0 bridgehead atoms. The Labute approximate surface area is 162 Å². The van der Waals surface area contributed by atoms with Crippen molar-refractivity contribution in [1.82, 2.24) is 9.55 Å².